The zero-order valence-corrected chi connectivity index (χ0v) is 14.7. The molecule has 6 heteroatoms. The lowest BCUT2D eigenvalue weighted by molar-refractivity contribution is 0.400. The zero-order valence-electron chi connectivity index (χ0n) is 12.4. The van der Waals surface area contributed by atoms with Crippen molar-refractivity contribution in [3.63, 3.8) is 0 Å². The summed E-state index contributed by atoms with van der Waals surface area (Å²) in [6, 6.07) is 5.86. The van der Waals surface area contributed by atoms with Crippen molar-refractivity contribution in [2.24, 2.45) is 7.05 Å². The van der Waals surface area contributed by atoms with E-state index in [2.05, 4.69) is 33.3 Å². The Morgan fingerprint density at radius 1 is 1.48 bits per heavy atom. The van der Waals surface area contributed by atoms with E-state index in [0.29, 0.717) is 5.02 Å². The third-order valence-electron chi connectivity index (χ3n) is 3.33. The number of hydrogen-bond donors (Lipinski definition) is 1. The predicted molar refractivity (Wildman–Crippen MR) is 89.0 cm³/mol. The fourth-order valence-corrected chi connectivity index (χ4v) is 2.92. The van der Waals surface area contributed by atoms with E-state index in [4.69, 9.17) is 16.3 Å². The molecule has 1 N–H and O–H groups in total. The quantitative estimate of drug-likeness (QED) is 0.835. The summed E-state index contributed by atoms with van der Waals surface area (Å²) < 4.78 is 8.14. The number of hydrogen-bond acceptors (Lipinski definition) is 3. The smallest absolute Gasteiger partial charge is 0.161 e. The molecule has 0 aliphatic rings. The average Bonchev–Trinajstić information content (AvgIpc) is 2.85. The van der Waals surface area contributed by atoms with Gasteiger partial charge >= 0.3 is 0 Å². The molecule has 1 atom stereocenters. The molecule has 0 fully saturated rings. The molecule has 0 bridgehead atoms. The minimum absolute atomic E-state index is 0.0719. The maximum atomic E-state index is 6.47. The summed E-state index contributed by atoms with van der Waals surface area (Å²) in [4.78, 5) is 0. The number of methoxy groups -OCH3 is 1. The number of rotatable bonds is 6. The summed E-state index contributed by atoms with van der Waals surface area (Å²) in [5.74, 6) is 0.752. The molecule has 0 aliphatic carbocycles. The number of aryl methyl sites for hydroxylation is 1. The molecule has 0 saturated heterocycles. The first-order chi connectivity index (χ1) is 10.1. The summed E-state index contributed by atoms with van der Waals surface area (Å²) >= 11 is 9.96. The number of benzene rings is 1. The molecule has 2 rings (SSSR count). The molecular formula is C15H19BrClN3O. The Bertz CT molecular complexity index is 615. The van der Waals surface area contributed by atoms with Crippen LogP contribution >= 0.6 is 27.5 Å². The van der Waals surface area contributed by atoms with Gasteiger partial charge in [0.1, 0.15) is 5.69 Å². The normalized spacial score (nSPS) is 12.4. The van der Waals surface area contributed by atoms with E-state index in [1.165, 1.54) is 0 Å². The number of nitrogens with one attached hydrogen (secondary N) is 1. The second-order valence-electron chi connectivity index (χ2n) is 4.75. The van der Waals surface area contributed by atoms with Crippen LogP contribution in [0, 0.1) is 0 Å². The summed E-state index contributed by atoms with van der Waals surface area (Å²) in [5, 5.41) is 8.52. The number of ether oxygens (including phenoxy) is 1. The SMILES string of the molecule is CCCNC(c1cccc(Br)c1Cl)c1c(OC)cnn1C. The first-order valence-electron chi connectivity index (χ1n) is 6.83. The lowest BCUT2D eigenvalue weighted by Gasteiger charge is -2.22. The van der Waals surface area contributed by atoms with Crippen molar-refractivity contribution in [1.82, 2.24) is 15.1 Å². The van der Waals surface area contributed by atoms with Crippen molar-refractivity contribution < 1.29 is 4.74 Å². The van der Waals surface area contributed by atoms with Crippen molar-refractivity contribution in [2.75, 3.05) is 13.7 Å². The molecule has 1 aromatic heterocycles. The van der Waals surface area contributed by atoms with Gasteiger partial charge in [0.25, 0.3) is 0 Å². The highest BCUT2D eigenvalue weighted by atomic mass is 79.9. The third kappa shape index (κ3) is 3.42. The van der Waals surface area contributed by atoms with Crippen molar-refractivity contribution in [1.29, 1.82) is 0 Å². The van der Waals surface area contributed by atoms with E-state index < -0.39 is 0 Å². The van der Waals surface area contributed by atoms with E-state index in [1.807, 2.05) is 29.9 Å². The molecule has 0 amide bonds. The van der Waals surface area contributed by atoms with E-state index in [1.54, 1.807) is 13.3 Å². The molecule has 4 nitrogen and oxygen atoms in total. The Morgan fingerprint density at radius 3 is 2.90 bits per heavy atom. The summed E-state index contributed by atoms with van der Waals surface area (Å²) in [6.45, 7) is 3.01. The second-order valence-corrected chi connectivity index (χ2v) is 5.98. The van der Waals surface area contributed by atoms with Gasteiger partial charge in [-0.15, -0.1) is 0 Å². The monoisotopic (exact) mass is 371 g/mol. The Hall–Kier alpha value is -1.04. The number of halogens is 2. The van der Waals surface area contributed by atoms with Crippen LogP contribution < -0.4 is 10.1 Å². The Kier molecular flexibility index (Phi) is 5.67. The van der Waals surface area contributed by atoms with E-state index >= 15 is 0 Å². The molecule has 0 aliphatic heterocycles. The molecule has 0 radical (unpaired) electrons. The van der Waals surface area contributed by atoms with Crippen LogP contribution in [0.3, 0.4) is 0 Å². The average molecular weight is 373 g/mol. The van der Waals surface area contributed by atoms with Gasteiger partial charge in [-0.25, -0.2) is 0 Å². The predicted octanol–water partition coefficient (Wildman–Crippen LogP) is 3.93. The summed E-state index contributed by atoms with van der Waals surface area (Å²) in [5.41, 5.74) is 1.97. The zero-order chi connectivity index (χ0) is 15.4. The molecular weight excluding hydrogens is 354 g/mol. The van der Waals surface area contributed by atoms with Gasteiger partial charge in [-0.1, -0.05) is 30.7 Å². The molecule has 0 saturated carbocycles. The molecule has 21 heavy (non-hydrogen) atoms. The summed E-state index contributed by atoms with van der Waals surface area (Å²) in [6.07, 6.45) is 2.75. The van der Waals surface area contributed by atoms with Crippen LogP contribution in [-0.4, -0.2) is 23.4 Å². The Balaban J connectivity index is 2.52. The highest BCUT2D eigenvalue weighted by Crippen LogP contribution is 2.36. The number of aromatic nitrogens is 2. The molecule has 0 spiro atoms. The first-order valence-corrected chi connectivity index (χ1v) is 8.00. The van der Waals surface area contributed by atoms with Crippen LogP contribution in [0.2, 0.25) is 5.02 Å². The molecule has 1 aromatic carbocycles. The standard InChI is InChI=1S/C15H19BrClN3O/c1-4-8-18-14(10-6-5-7-11(16)13(10)17)15-12(21-3)9-19-20(15)2/h5-7,9,14,18H,4,8H2,1-3H3. The van der Waals surface area contributed by atoms with Crippen LogP contribution in [0.4, 0.5) is 0 Å². The van der Waals surface area contributed by atoms with Gasteiger partial charge in [0, 0.05) is 11.5 Å². The fourth-order valence-electron chi connectivity index (χ4n) is 2.30. The lowest BCUT2D eigenvalue weighted by Crippen LogP contribution is -2.26. The van der Waals surface area contributed by atoms with E-state index in [-0.39, 0.29) is 6.04 Å². The Labute approximate surface area is 138 Å². The topological polar surface area (TPSA) is 39.1 Å². The van der Waals surface area contributed by atoms with Gasteiger partial charge in [0.2, 0.25) is 0 Å². The van der Waals surface area contributed by atoms with Gasteiger partial charge in [-0.2, -0.15) is 5.10 Å². The third-order valence-corrected chi connectivity index (χ3v) is 4.64. The van der Waals surface area contributed by atoms with Crippen LogP contribution in [-0.2, 0) is 7.05 Å². The van der Waals surface area contributed by atoms with Crippen LogP contribution in [0.1, 0.15) is 30.6 Å². The largest absolute Gasteiger partial charge is 0.493 e. The summed E-state index contributed by atoms with van der Waals surface area (Å²) in [7, 11) is 3.56. The second kappa shape index (κ2) is 7.29. The van der Waals surface area contributed by atoms with Crippen molar-refractivity contribution in [2.45, 2.75) is 19.4 Å². The van der Waals surface area contributed by atoms with Gasteiger partial charge < -0.3 is 10.1 Å². The van der Waals surface area contributed by atoms with Crippen molar-refractivity contribution in [3.8, 4) is 5.75 Å². The van der Waals surface area contributed by atoms with Crippen LogP contribution in [0.5, 0.6) is 5.75 Å². The molecule has 2 aromatic rings. The van der Waals surface area contributed by atoms with E-state index in [9.17, 15) is 0 Å². The van der Waals surface area contributed by atoms with Gasteiger partial charge in [-0.05, 0) is 40.5 Å². The van der Waals surface area contributed by atoms with Gasteiger partial charge in [0.05, 0.1) is 24.4 Å². The molecule has 1 unspecified atom stereocenters. The highest BCUT2D eigenvalue weighted by molar-refractivity contribution is 9.10. The maximum Gasteiger partial charge on any atom is 0.161 e. The fraction of sp³-hybridized carbons (Fsp3) is 0.400. The van der Waals surface area contributed by atoms with Crippen molar-refractivity contribution in [3.05, 3.63) is 45.1 Å². The Morgan fingerprint density at radius 2 is 2.24 bits per heavy atom. The van der Waals surface area contributed by atoms with Crippen LogP contribution in [0.25, 0.3) is 0 Å². The lowest BCUT2D eigenvalue weighted by atomic mass is 10.0. The minimum atomic E-state index is -0.0719. The van der Waals surface area contributed by atoms with E-state index in [0.717, 1.165) is 34.4 Å². The maximum absolute atomic E-state index is 6.47. The number of nitrogens with zero attached hydrogens (tertiary/aromatic N) is 2. The van der Waals surface area contributed by atoms with Gasteiger partial charge in [0.15, 0.2) is 5.75 Å². The first kappa shape index (κ1) is 16.3. The van der Waals surface area contributed by atoms with Crippen LogP contribution in [0.15, 0.2) is 28.9 Å². The van der Waals surface area contributed by atoms with Gasteiger partial charge in [-0.3, -0.25) is 4.68 Å². The minimum Gasteiger partial charge on any atom is -0.493 e. The highest BCUT2D eigenvalue weighted by Gasteiger charge is 2.24. The molecule has 114 valence electrons. The molecule has 1 heterocycles. The van der Waals surface area contributed by atoms with Crippen molar-refractivity contribution >= 4 is 27.5 Å².